The van der Waals surface area contributed by atoms with Gasteiger partial charge in [0.25, 0.3) is 0 Å². The molecule has 0 spiro atoms. The smallest absolute Gasteiger partial charge is 0.319 e. The fraction of sp³-hybridized carbons (Fsp3) is 0.464. The molecule has 12 nitrogen and oxygen atoms in total. The topological polar surface area (TPSA) is 160 Å². The summed E-state index contributed by atoms with van der Waals surface area (Å²) in [4.78, 5) is 12.1. The molecule has 1 aliphatic rings. The van der Waals surface area contributed by atoms with Crippen LogP contribution in [0.2, 0.25) is 0 Å². The van der Waals surface area contributed by atoms with E-state index in [9.17, 15) is 20.1 Å². The van der Waals surface area contributed by atoms with Crippen molar-refractivity contribution >= 4 is 5.91 Å². The van der Waals surface area contributed by atoms with Gasteiger partial charge in [-0.05, 0) is 68.2 Å². The minimum Gasteiger partial charge on any atom is -0.508 e. The minimum absolute atomic E-state index is 0.00892. The average molecular weight is 556 g/mol. The minimum atomic E-state index is -0.339. The van der Waals surface area contributed by atoms with Gasteiger partial charge >= 0.3 is 6.01 Å². The lowest BCUT2D eigenvalue weighted by Gasteiger charge is -2.21. The fourth-order valence-electron chi connectivity index (χ4n) is 4.48. The van der Waals surface area contributed by atoms with Crippen LogP contribution < -0.4 is 15.4 Å². The van der Waals surface area contributed by atoms with Gasteiger partial charge in [-0.25, -0.2) is 4.57 Å². The molecule has 40 heavy (non-hydrogen) atoms. The summed E-state index contributed by atoms with van der Waals surface area (Å²) in [6.45, 7) is 6.18. The number of amides is 1. The Hall–Kier alpha value is -3.87. The number of phenolic OH excluding ortho intramolecular Hbond substituents is 2. The summed E-state index contributed by atoms with van der Waals surface area (Å²) in [5.74, 6) is 0.870. The van der Waals surface area contributed by atoms with Crippen LogP contribution in [0.1, 0.15) is 25.3 Å². The lowest BCUT2D eigenvalue weighted by Crippen LogP contribution is -2.39. The first kappa shape index (κ1) is 29.1. The van der Waals surface area contributed by atoms with E-state index in [1.807, 2.05) is 6.92 Å². The van der Waals surface area contributed by atoms with Crippen molar-refractivity contribution in [2.75, 3.05) is 52.7 Å². The highest BCUT2D eigenvalue weighted by Gasteiger charge is 2.21. The third kappa shape index (κ3) is 7.62. The van der Waals surface area contributed by atoms with E-state index in [2.05, 4.69) is 20.8 Å². The SMILES string of the molecule is CCc1cc(-c2nnc(O)n2-c2ccc(OCCOCCOCCNC(=O)C3CCNCC3)cc2)c(O)cc1O. The van der Waals surface area contributed by atoms with Crippen molar-refractivity contribution in [2.24, 2.45) is 5.92 Å². The number of hydrogen-bond donors (Lipinski definition) is 5. The molecule has 0 aliphatic carbocycles. The summed E-state index contributed by atoms with van der Waals surface area (Å²) >= 11 is 0. The van der Waals surface area contributed by atoms with Crippen molar-refractivity contribution in [1.82, 2.24) is 25.4 Å². The van der Waals surface area contributed by atoms with Gasteiger partial charge in [0.15, 0.2) is 5.82 Å². The quantitative estimate of drug-likeness (QED) is 0.187. The van der Waals surface area contributed by atoms with Gasteiger partial charge in [-0.1, -0.05) is 12.0 Å². The van der Waals surface area contributed by atoms with Gasteiger partial charge in [0.05, 0.1) is 37.7 Å². The van der Waals surface area contributed by atoms with Gasteiger partial charge in [0.1, 0.15) is 23.9 Å². The molecule has 1 aromatic heterocycles. The molecule has 0 radical (unpaired) electrons. The van der Waals surface area contributed by atoms with E-state index >= 15 is 0 Å². The Kier molecular flexibility index (Phi) is 10.6. The first-order chi connectivity index (χ1) is 19.5. The van der Waals surface area contributed by atoms with E-state index in [0.29, 0.717) is 68.6 Å². The van der Waals surface area contributed by atoms with Gasteiger partial charge in [-0.15, -0.1) is 5.10 Å². The van der Waals surface area contributed by atoms with Crippen molar-refractivity contribution in [2.45, 2.75) is 26.2 Å². The number of nitrogens with zero attached hydrogens (tertiary/aromatic N) is 3. The Morgan fingerprint density at radius 3 is 2.40 bits per heavy atom. The summed E-state index contributed by atoms with van der Waals surface area (Å²) < 4.78 is 18.2. The van der Waals surface area contributed by atoms with Crippen molar-refractivity contribution in [1.29, 1.82) is 0 Å². The maximum absolute atomic E-state index is 12.1. The van der Waals surface area contributed by atoms with Gasteiger partial charge in [-0.3, -0.25) is 4.79 Å². The number of benzene rings is 2. The lowest BCUT2D eigenvalue weighted by atomic mass is 9.97. The zero-order valence-corrected chi connectivity index (χ0v) is 22.6. The van der Waals surface area contributed by atoms with Gasteiger partial charge in [0, 0.05) is 18.5 Å². The second-order valence-corrected chi connectivity index (χ2v) is 9.39. The zero-order valence-electron chi connectivity index (χ0n) is 22.6. The summed E-state index contributed by atoms with van der Waals surface area (Å²) in [6, 6.07) is 9.50. The Labute approximate surface area is 232 Å². The number of aryl methyl sites for hydroxylation is 1. The first-order valence-electron chi connectivity index (χ1n) is 13.5. The molecule has 216 valence electrons. The monoisotopic (exact) mass is 555 g/mol. The predicted molar refractivity (Wildman–Crippen MR) is 147 cm³/mol. The van der Waals surface area contributed by atoms with E-state index in [4.69, 9.17) is 14.2 Å². The number of ether oxygens (including phenoxy) is 3. The van der Waals surface area contributed by atoms with E-state index in [1.165, 1.54) is 10.6 Å². The Morgan fingerprint density at radius 1 is 0.975 bits per heavy atom. The number of rotatable bonds is 14. The molecule has 1 amide bonds. The summed E-state index contributed by atoms with van der Waals surface area (Å²) in [6.07, 6.45) is 2.32. The molecule has 0 saturated carbocycles. The Bertz CT molecular complexity index is 1240. The van der Waals surface area contributed by atoms with Crippen molar-refractivity contribution < 1.29 is 34.3 Å². The summed E-state index contributed by atoms with van der Waals surface area (Å²) in [5, 5.41) is 44.7. The molecule has 0 unspecified atom stereocenters. The second-order valence-electron chi connectivity index (χ2n) is 9.39. The van der Waals surface area contributed by atoms with Gasteiger partial charge in [0.2, 0.25) is 5.91 Å². The number of carbonyl (C=O) groups excluding carboxylic acids is 1. The van der Waals surface area contributed by atoms with E-state index in [1.54, 1.807) is 30.3 Å². The van der Waals surface area contributed by atoms with Crippen LogP contribution in [-0.4, -0.2) is 88.7 Å². The van der Waals surface area contributed by atoms with Crippen LogP contribution >= 0.6 is 0 Å². The molecule has 1 saturated heterocycles. The van der Waals surface area contributed by atoms with Gasteiger partial charge in [-0.2, -0.15) is 0 Å². The zero-order chi connectivity index (χ0) is 28.3. The molecule has 12 heteroatoms. The molecular formula is C28H37N5O7. The number of hydrogen-bond acceptors (Lipinski definition) is 10. The van der Waals surface area contributed by atoms with Crippen molar-refractivity contribution in [3.05, 3.63) is 42.0 Å². The molecule has 5 N–H and O–H groups in total. The fourth-order valence-corrected chi connectivity index (χ4v) is 4.48. The molecule has 2 heterocycles. The van der Waals surface area contributed by atoms with Crippen LogP contribution in [0.15, 0.2) is 36.4 Å². The standard InChI is InChI=1S/C28H37N5O7/c1-2-19-17-23(25(35)18-24(19)34)26-31-32-28(37)33(26)21-3-5-22(6-4-21)40-16-15-39-14-13-38-12-11-30-27(36)20-7-9-29-10-8-20/h3-6,17-18,20,29,34-35H,2,7-16H2,1H3,(H,30,36)(H,32,37). The number of carbonyl (C=O) groups is 1. The van der Waals surface area contributed by atoms with Crippen LogP contribution in [0.4, 0.5) is 0 Å². The highest BCUT2D eigenvalue weighted by molar-refractivity contribution is 5.78. The van der Waals surface area contributed by atoms with Crippen LogP contribution in [0.25, 0.3) is 17.1 Å². The van der Waals surface area contributed by atoms with Crippen LogP contribution in [0.5, 0.6) is 23.3 Å². The van der Waals surface area contributed by atoms with Gasteiger partial charge < -0.3 is 40.2 Å². The highest BCUT2D eigenvalue weighted by atomic mass is 16.5. The normalized spacial score (nSPS) is 13.8. The predicted octanol–water partition coefficient (Wildman–Crippen LogP) is 2.14. The summed E-state index contributed by atoms with van der Waals surface area (Å²) in [5.41, 5.74) is 1.54. The number of piperidine rings is 1. The lowest BCUT2D eigenvalue weighted by molar-refractivity contribution is -0.126. The van der Waals surface area contributed by atoms with E-state index < -0.39 is 0 Å². The van der Waals surface area contributed by atoms with Crippen LogP contribution in [0.3, 0.4) is 0 Å². The third-order valence-electron chi connectivity index (χ3n) is 6.68. The number of phenols is 2. The van der Waals surface area contributed by atoms with E-state index in [-0.39, 0.29) is 35.2 Å². The largest absolute Gasteiger partial charge is 0.508 e. The van der Waals surface area contributed by atoms with Crippen LogP contribution in [0, 0.1) is 5.92 Å². The van der Waals surface area contributed by atoms with Crippen LogP contribution in [-0.2, 0) is 20.7 Å². The maximum Gasteiger partial charge on any atom is 0.319 e. The Balaban J connectivity index is 1.17. The maximum atomic E-state index is 12.1. The number of aromatic nitrogens is 3. The molecule has 0 bridgehead atoms. The molecule has 3 aromatic rings. The molecule has 2 aromatic carbocycles. The average Bonchev–Trinajstić information content (AvgIpc) is 3.35. The highest BCUT2D eigenvalue weighted by Crippen LogP contribution is 2.36. The number of nitrogens with one attached hydrogen (secondary N) is 2. The second kappa shape index (κ2) is 14.5. The van der Waals surface area contributed by atoms with Crippen molar-refractivity contribution in [3.63, 3.8) is 0 Å². The molecular weight excluding hydrogens is 518 g/mol. The van der Waals surface area contributed by atoms with Crippen molar-refractivity contribution in [3.8, 4) is 40.3 Å². The summed E-state index contributed by atoms with van der Waals surface area (Å²) in [7, 11) is 0. The molecule has 4 rings (SSSR count). The number of aromatic hydroxyl groups is 3. The first-order valence-corrected chi connectivity index (χ1v) is 13.5. The molecule has 1 fully saturated rings. The third-order valence-corrected chi connectivity index (χ3v) is 6.68. The molecule has 0 atom stereocenters. The molecule has 1 aliphatic heterocycles. The Morgan fingerprint density at radius 2 is 1.68 bits per heavy atom. The van der Waals surface area contributed by atoms with E-state index in [0.717, 1.165) is 25.9 Å².